The molecule has 0 saturated heterocycles. The molecular weight excluding hydrogens is 336 g/mol. The van der Waals surface area contributed by atoms with E-state index in [1.165, 1.54) is 0 Å². The van der Waals surface area contributed by atoms with E-state index in [1.807, 2.05) is 25.1 Å². The smallest absolute Gasteiger partial charge is 0.224 e. The number of benzene rings is 1. The van der Waals surface area contributed by atoms with E-state index in [0.29, 0.717) is 18.8 Å². The van der Waals surface area contributed by atoms with Crippen molar-refractivity contribution in [1.29, 1.82) is 0 Å². The summed E-state index contributed by atoms with van der Waals surface area (Å²) >= 11 is 3.42. The number of rotatable bonds is 8. The van der Waals surface area contributed by atoms with E-state index in [1.54, 1.807) is 13.8 Å². The van der Waals surface area contributed by atoms with E-state index < -0.39 is 11.5 Å². The van der Waals surface area contributed by atoms with Crippen molar-refractivity contribution in [1.82, 2.24) is 5.32 Å². The molecular formula is C15H23BrN2O3. The van der Waals surface area contributed by atoms with Crippen LogP contribution in [0.3, 0.4) is 0 Å². The minimum atomic E-state index is -0.665. The standard InChI is InChI=1S/C15H23BrN2O3/c1-10-4-5-13(12(16)6-10)21-8-11(19)7-18-9-15(2,3)14(17)20/h4-6,11,18-19H,7-9H2,1-3H3,(H2,17,20). The minimum absolute atomic E-state index is 0.172. The molecule has 4 N–H and O–H groups in total. The van der Waals surface area contributed by atoms with Crippen LogP contribution in [0.5, 0.6) is 5.75 Å². The molecule has 1 rings (SSSR count). The van der Waals surface area contributed by atoms with Crippen LogP contribution < -0.4 is 15.8 Å². The van der Waals surface area contributed by atoms with E-state index >= 15 is 0 Å². The van der Waals surface area contributed by atoms with Gasteiger partial charge < -0.3 is 20.9 Å². The van der Waals surface area contributed by atoms with Crippen LogP contribution in [0.4, 0.5) is 0 Å². The van der Waals surface area contributed by atoms with Crippen LogP contribution in [0.1, 0.15) is 19.4 Å². The minimum Gasteiger partial charge on any atom is -0.490 e. The van der Waals surface area contributed by atoms with Crippen LogP contribution in [0.15, 0.2) is 22.7 Å². The van der Waals surface area contributed by atoms with E-state index in [0.717, 1.165) is 10.0 Å². The van der Waals surface area contributed by atoms with Gasteiger partial charge in [-0.2, -0.15) is 0 Å². The predicted octanol–water partition coefficient (Wildman–Crippen LogP) is 1.60. The van der Waals surface area contributed by atoms with Gasteiger partial charge in [-0.1, -0.05) is 6.07 Å². The maximum absolute atomic E-state index is 11.2. The summed E-state index contributed by atoms with van der Waals surface area (Å²) in [5.41, 5.74) is 5.77. The van der Waals surface area contributed by atoms with E-state index in [9.17, 15) is 9.90 Å². The predicted molar refractivity (Wildman–Crippen MR) is 86.2 cm³/mol. The van der Waals surface area contributed by atoms with Crippen LogP contribution in [-0.4, -0.2) is 36.8 Å². The number of nitrogens with one attached hydrogen (secondary N) is 1. The van der Waals surface area contributed by atoms with Gasteiger partial charge in [0.1, 0.15) is 18.5 Å². The maximum atomic E-state index is 11.2. The number of hydrogen-bond donors (Lipinski definition) is 3. The van der Waals surface area contributed by atoms with Crippen LogP contribution in [0.2, 0.25) is 0 Å². The number of carbonyl (C=O) groups is 1. The third-order valence-electron chi connectivity index (χ3n) is 3.13. The Balaban J connectivity index is 2.34. The molecule has 1 amide bonds. The maximum Gasteiger partial charge on any atom is 0.224 e. The fourth-order valence-electron chi connectivity index (χ4n) is 1.61. The van der Waals surface area contributed by atoms with Gasteiger partial charge in [0.05, 0.1) is 9.89 Å². The van der Waals surface area contributed by atoms with Gasteiger partial charge >= 0.3 is 0 Å². The molecule has 1 aromatic carbocycles. The second-order valence-corrected chi connectivity index (χ2v) is 6.63. The lowest BCUT2D eigenvalue weighted by Crippen LogP contribution is -2.43. The molecule has 0 aliphatic rings. The molecule has 0 spiro atoms. The Morgan fingerprint density at radius 2 is 2.19 bits per heavy atom. The second kappa shape index (κ2) is 7.77. The van der Waals surface area contributed by atoms with E-state index in [4.69, 9.17) is 10.5 Å². The van der Waals surface area contributed by atoms with Gasteiger partial charge in [0, 0.05) is 13.1 Å². The first kappa shape index (κ1) is 17.9. The van der Waals surface area contributed by atoms with Gasteiger partial charge in [-0.05, 0) is 54.4 Å². The largest absolute Gasteiger partial charge is 0.490 e. The molecule has 21 heavy (non-hydrogen) atoms. The summed E-state index contributed by atoms with van der Waals surface area (Å²) in [4.78, 5) is 11.2. The van der Waals surface area contributed by atoms with Crippen LogP contribution >= 0.6 is 15.9 Å². The Labute approximate surface area is 134 Å². The molecule has 0 aliphatic carbocycles. The Morgan fingerprint density at radius 1 is 1.52 bits per heavy atom. The Hall–Kier alpha value is -1.11. The molecule has 0 aliphatic heterocycles. The van der Waals surface area contributed by atoms with Gasteiger partial charge in [-0.15, -0.1) is 0 Å². The molecule has 5 nitrogen and oxygen atoms in total. The normalized spacial score (nSPS) is 13.0. The summed E-state index contributed by atoms with van der Waals surface area (Å²) in [5.74, 6) is 0.321. The summed E-state index contributed by atoms with van der Waals surface area (Å²) in [5, 5.41) is 12.9. The lowest BCUT2D eigenvalue weighted by atomic mass is 9.93. The molecule has 1 unspecified atom stereocenters. The summed E-state index contributed by atoms with van der Waals surface area (Å²) in [6, 6.07) is 5.76. The van der Waals surface area contributed by atoms with Gasteiger partial charge in [-0.25, -0.2) is 0 Å². The molecule has 0 fully saturated rings. The fourth-order valence-corrected chi connectivity index (χ4v) is 2.21. The Kier molecular flexibility index (Phi) is 6.64. The topological polar surface area (TPSA) is 84.6 Å². The summed E-state index contributed by atoms with van der Waals surface area (Å²) in [6.07, 6.45) is -0.665. The highest BCUT2D eigenvalue weighted by Crippen LogP contribution is 2.25. The molecule has 0 bridgehead atoms. The first-order valence-corrected chi connectivity index (χ1v) is 7.59. The van der Waals surface area contributed by atoms with Gasteiger partial charge in [0.15, 0.2) is 0 Å². The van der Waals surface area contributed by atoms with Crippen molar-refractivity contribution in [3.63, 3.8) is 0 Å². The number of nitrogens with two attached hydrogens (primary N) is 1. The zero-order valence-corrected chi connectivity index (χ0v) is 14.2. The zero-order chi connectivity index (χ0) is 16.0. The van der Waals surface area contributed by atoms with Crippen molar-refractivity contribution in [2.45, 2.75) is 26.9 Å². The van der Waals surface area contributed by atoms with Gasteiger partial charge in [0.2, 0.25) is 5.91 Å². The SMILES string of the molecule is Cc1ccc(OCC(O)CNCC(C)(C)C(N)=O)c(Br)c1. The van der Waals surface area contributed by atoms with E-state index in [-0.39, 0.29) is 12.5 Å². The number of amides is 1. The Bertz CT molecular complexity index is 492. The first-order chi connectivity index (χ1) is 9.72. The second-order valence-electron chi connectivity index (χ2n) is 5.78. The molecule has 118 valence electrons. The van der Waals surface area contributed by atoms with E-state index in [2.05, 4.69) is 21.2 Å². The number of ether oxygens (including phenoxy) is 1. The summed E-state index contributed by atoms with van der Waals surface area (Å²) in [6.45, 7) is 6.43. The number of aliphatic hydroxyl groups excluding tert-OH is 1. The molecule has 6 heteroatoms. The van der Waals surface area contributed by atoms with Crippen molar-refractivity contribution in [3.8, 4) is 5.75 Å². The monoisotopic (exact) mass is 358 g/mol. The zero-order valence-electron chi connectivity index (χ0n) is 12.6. The highest BCUT2D eigenvalue weighted by atomic mass is 79.9. The number of halogens is 1. The highest BCUT2D eigenvalue weighted by molar-refractivity contribution is 9.10. The first-order valence-electron chi connectivity index (χ1n) is 6.80. The molecule has 0 heterocycles. The highest BCUT2D eigenvalue weighted by Gasteiger charge is 2.24. The quantitative estimate of drug-likeness (QED) is 0.658. The van der Waals surface area contributed by atoms with Gasteiger partial charge in [-0.3, -0.25) is 4.79 Å². The summed E-state index contributed by atoms with van der Waals surface area (Å²) in [7, 11) is 0. The summed E-state index contributed by atoms with van der Waals surface area (Å²) < 4.78 is 6.41. The number of primary amides is 1. The van der Waals surface area contributed by atoms with Crippen LogP contribution in [0, 0.1) is 12.3 Å². The van der Waals surface area contributed by atoms with Crippen LogP contribution in [-0.2, 0) is 4.79 Å². The Morgan fingerprint density at radius 3 is 2.76 bits per heavy atom. The third kappa shape index (κ3) is 6.03. The molecule has 0 aromatic heterocycles. The lowest BCUT2D eigenvalue weighted by molar-refractivity contribution is -0.125. The van der Waals surface area contributed by atoms with Gasteiger partial charge in [0.25, 0.3) is 0 Å². The van der Waals surface area contributed by atoms with Crippen molar-refractivity contribution in [3.05, 3.63) is 28.2 Å². The molecule has 0 saturated carbocycles. The lowest BCUT2D eigenvalue weighted by Gasteiger charge is -2.22. The van der Waals surface area contributed by atoms with Crippen molar-refractivity contribution < 1.29 is 14.6 Å². The van der Waals surface area contributed by atoms with Crippen molar-refractivity contribution in [2.75, 3.05) is 19.7 Å². The average molecular weight is 359 g/mol. The molecule has 1 atom stereocenters. The number of aliphatic hydroxyl groups is 1. The third-order valence-corrected chi connectivity index (χ3v) is 3.75. The number of hydrogen-bond acceptors (Lipinski definition) is 4. The average Bonchev–Trinajstić information content (AvgIpc) is 2.37. The number of aryl methyl sites for hydroxylation is 1. The molecule has 0 radical (unpaired) electrons. The van der Waals surface area contributed by atoms with Crippen LogP contribution in [0.25, 0.3) is 0 Å². The number of carbonyl (C=O) groups excluding carboxylic acids is 1. The fraction of sp³-hybridized carbons (Fsp3) is 0.533. The molecule has 1 aromatic rings. The van der Waals surface area contributed by atoms with Crippen molar-refractivity contribution in [2.24, 2.45) is 11.1 Å². The van der Waals surface area contributed by atoms with Crippen molar-refractivity contribution >= 4 is 21.8 Å².